The summed E-state index contributed by atoms with van der Waals surface area (Å²) in [5.74, 6) is 2.05. The van der Waals surface area contributed by atoms with Crippen molar-refractivity contribution in [2.75, 3.05) is 56.9 Å². The van der Waals surface area contributed by atoms with Gasteiger partial charge in [0, 0.05) is 62.5 Å². The molecule has 0 radical (unpaired) electrons. The van der Waals surface area contributed by atoms with E-state index in [0.29, 0.717) is 74.3 Å². The number of likely N-dealkylation sites (tertiary alicyclic amines) is 3. The van der Waals surface area contributed by atoms with Gasteiger partial charge in [-0.3, -0.25) is 9.59 Å². The highest BCUT2D eigenvalue weighted by molar-refractivity contribution is 6.33. The van der Waals surface area contributed by atoms with Gasteiger partial charge in [-0.2, -0.15) is 0 Å². The van der Waals surface area contributed by atoms with Crippen molar-refractivity contribution in [1.82, 2.24) is 19.6 Å². The summed E-state index contributed by atoms with van der Waals surface area (Å²) in [5.41, 5.74) is 9.74. The number of halogens is 1. The normalized spacial score (nSPS) is 20.6. The average Bonchev–Trinajstić information content (AvgIpc) is 3.27. The Balaban J connectivity index is 1.10. The zero-order valence-corrected chi connectivity index (χ0v) is 28.0. The molecule has 250 valence electrons. The highest BCUT2D eigenvalue weighted by Gasteiger charge is 2.35. The molecule has 0 bridgehead atoms. The summed E-state index contributed by atoms with van der Waals surface area (Å²) in [7, 11) is 0. The Labute approximate surface area is 283 Å². The van der Waals surface area contributed by atoms with Crippen LogP contribution < -0.4 is 11.1 Å². The number of para-hydroxylation sites is 1. The van der Waals surface area contributed by atoms with Crippen molar-refractivity contribution >= 4 is 40.8 Å². The number of amides is 4. The Morgan fingerprint density at radius 3 is 2.34 bits per heavy atom. The van der Waals surface area contributed by atoms with Gasteiger partial charge in [-0.1, -0.05) is 42.1 Å². The number of fused-ring (bicyclic) bond motifs is 1. The third-order valence-corrected chi connectivity index (χ3v) is 11.0. The molecule has 2 aromatic rings. The SMILES string of the molecule is C#Cc1cc(C[C@@H](CC(=O)N2CCC(N3CCc4ccccc4NC3=O)CC2)C(=O)N2CCC(N3CCCCC3)CC2)cc(Cl)c1N. The fraction of sp³-hybridized carbons (Fsp3) is 0.541. The number of hydrogen-bond donors (Lipinski definition) is 2. The van der Waals surface area contributed by atoms with Crippen molar-refractivity contribution in [2.45, 2.75) is 76.3 Å². The van der Waals surface area contributed by atoms with Gasteiger partial charge in [-0.15, -0.1) is 6.42 Å². The molecule has 3 N–H and O–H groups in total. The predicted octanol–water partition coefficient (Wildman–Crippen LogP) is 5.01. The van der Waals surface area contributed by atoms with Crippen LogP contribution in [0, 0.1) is 18.3 Å². The maximum absolute atomic E-state index is 14.1. The maximum atomic E-state index is 14.1. The molecule has 4 amide bonds. The van der Waals surface area contributed by atoms with Gasteiger partial charge in [0.25, 0.3) is 0 Å². The highest BCUT2D eigenvalue weighted by Crippen LogP contribution is 2.30. The summed E-state index contributed by atoms with van der Waals surface area (Å²) in [4.78, 5) is 49.4. The van der Waals surface area contributed by atoms with Crippen molar-refractivity contribution in [3.63, 3.8) is 0 Å². The molecule has 4 aliphatic rings. The molecule has 0 saturated carbocycles. The van der Waals surface area contributed by atoms with Crippen LogP contribution in [0.3, 0.4) is 0 Å². The van der Waals surface area contributed by atoms with E-state index in [9.17, 15) is 14.4 Å². The second kappa shape index (κ2) is 15.0. The van der Waals surface area contributed by atoms with Gasteiger partial charge in [0.2, 0.25) is 11.8 Å². The number of terminal acetylenes is 1. The molecule has 4 aliphatic heterocycles. The minimum absolute atomic E-state index is 0.0151. The van der Waals surface area contributed by atoms with Crippen molar-refractivity contribution in [2.24, 2.45) is 5.92 Å². The number of nitrogens with two attached hydrogens (primary N) is 1. The number of nitrogens with zero attached hydrogens (tertiary/aromatic N) is 4. The molecule has 4 heterocycles. The van der Waals surface area contributed by atoms with Crippen LogP contribution in [0.25, 0.3) is 0 Å². The van der Waals surface area contributed by atoms with Gasteiger partial charge >= 0.3 is 6.03 Å². The number of carbonyl (C=O) groups excluding carboxylic acids is 3. The summed E-state index contributed by atoms with van der Waals surface area (Å²) >= 11 is 6.42. The van der Waals surface area contributed by atoms with Crippen LogP contribution in [0.2, 0.25) is 5.02 Å². The third kappa shape index (κ3) is 7.71. The van der Waals surface area contributed by atoms with E-state index < -0.39 is 5.92 Å². The van der Waals surface area contributed by atoms with E-state index in [4.69, 9.17) is 23.8 Å². The molecular formula is C37H47ClN6O3. The van der Waals surface area contributed by atoms with Crippen LogP contribution in [0.5, 0.6) is 0 Å². The van der Waals surface area contributed by atoms with Gasteiger partial charge in [0.15, 0.2) is 0 Å². The molecule has 1 atom stereocenters. The standard InChI is InChI=1S/C37H47ClN6O3/c1-2-27-22-26(24-32(38)35(27)39)23-29(36(46)43-19-11-30(12-20-43)41-15-6-3-7-16-41)25-34(45)42-17-13-31(14-18-42)44-21-10-28-8-4-5-9-33(28)40-37(44)47/h1,4-5,8-9,22,24,29-31H,3,6-7,10-21,23,25,39H2,(H,40,47)/t29-/m0/s1. The Hall–Kier alpha value is -3.74. The summed E-state index contributed by atoms with van der Waals surface area (Å²) in [5, 5.41) is 3.42. The largest absolute Gasteiger partial charge is 0.397 e. The first kappa shape index (κ1) is 33.2. The molecule has 0 aliphatic carbocycles. The molecule has 2 aromatic carbocycles. The van der Waals surface area contributed by atoms with Crippen molar-refractivity contribution < 1.29 is 14.4 Å². The van der Waals surface area contributed by atoms with E-state index in [0.717, 1.165) is 49.2 Å². The molecule has 6 rings (SSSR count). The number of urea groups is 1. The summed E-state index contributed by atoms with van der Waals surface area (Å²) in [6.07, 6.45) is 14.1. The predicted molar refractivity (Wildman–Crippen MR) is 186 cm³/mol. The Morgan fingerprint density at radius 2 is 1.62 bits per heavy atom. The molecule has 0 aromatic heterocycles. The Kier molecular flexibility index (Phi) is 10.6. The van der Waals surface area contributed by atoms with E-state index in [1.54, 1.807) is 6.07 Å². The molecule has 0 spiro atoms. The summed E-state index contributed by atoms with van der Waals surface area (Å²) in [6, 6.07) is 12.0. The smallest absolute Gasteiger partial charge is 0.322 e. The first-order valence-corrected chi connectivity index (χ1v) is 17.7. The number of rotatable bonds is 7. The monoisotopic (exact) mass is 658 g/mol. The minimum atomic E-state index is -0.535. The van der Waals surface area contributed by atoms with Crippen LogP contribution in [-0.4, -0.2) is 95.3 Å². The van der Waals surface area contributed by atoms with Gasteiger partial charge in [-0.05, 0) is 93.8 Å². The van der Waals surface area contributed by atoms with Crippen LogP contribution in [0.1, 0.15) is 68.1 Å². The zero-order chi connectivity index (χ0) is 32.9. The van der Waals surface area contributed by atoms with Gasteiger partial charge in [-0.25, -0.2) is 4.79 Å². The lowest BCUT2D eigenvalue weighted by Crippen LogP contribution is -2.51. The number of benzene rings is 2. The molecule has 3 saturated heterocycles. The van der Waals surface area contributed by atoms with Crippen LogP contribution in [-0.2, 0) is 22.4 Å². The van der Waals surface area contributed by atoms with Gasteiger partial charge in [0.05, 0.1) is 16.6 Å². The lowest BCUT2D eigenvalue weighted by atomic mass is 9.91. The topological polar surface area (TPSA) is 102 Å². The second-order valence-corrected chi connectivity index (χ2v) is 14.0. The number of nitrogens with one attached hydrogen (secondary N) is 1. The number of carbonyl (C=O) groups is 3. The number of hydrogen-bond acceptors (Lipinski definition) is 5. The summed E-state index contributed by atoms with van der Waals surface area (Å²) < 4.78 is 0. The molecule has 47 heavy (non-hydrogen) atoms. The number of piperidine rings is 3. The number of nitrogen functional groups attached to an aromatic ring is 1. The van der Waals surface area contributed by atoms with Gasteiger partial charge in [0.1, 0.15) is 0 Å². The zero-order valence-electron chi connectivity index (χ0n) is 27.3. The van der Waals surface area contributed by atoms with Crippen LogP contribution >= 0.6 is 11.6 Å². The first-order chi connectivity index (χ1) is 22.8. The molecule has 10 heteroatoms. The van der Waals surface area contributed by atoms with E-state index in [2.05, 4.69) is 22.2 Å². The number of anilines is 2. The molecule has 3 fully saturated rings. The average molecular weight is 659 g/mol. The Bertz CT molecular complexity index is 1500. The second-order valence-electron chi connectivity index (χ2n) is 13.6. The van der Waals surface area contributed by atoms with E-state index in [1.165, 1.54) is 19.3 Å². The van der Waals surface area contributed by atoms with Crippen molar-refractivity contribution in [3.8, 4) is 12.3 Å². The van der Waals surface area contributed by atoms with E-state index in [1.807, 2.05) is 39.0 Å². The van der Waals surface area contributed by atoms with Crippen molar-refractivity contribution in [1.29, 1.82) is 0 Å². The van der Waals surface area contributed by atoms with Gasteiger partial charge < -0.3 is 30.7 Å². The van der Waals surface area contributed by atoms with E-state index in [-0.39, 0.29) is 30.3 Å². The van der Waals surface area contributed by atoms with Crippen molar-refractivity contribution in [3.05, 3.63) is 58.1 Å². The first-order valence-electron chi connectivity index (χ1n) is 17.3. The summed E-state index contributed by atoms with van der Waals surface area (Å²) in [6.45, 7) is 5.46. The highest BCUT2D eigenvalue weighted by atomic mass is 35.5. The third-order valence-electron chi connectivity index (χ3n) is 10.7. The molecule has 9 nitrogen and oxygen atoms in total. The minimum Gasteiger partial charge on any atom is -0.397 e. The molecule has 0 unspecified atom stereocenters. The maximum Gasteiger partial charge on any atom is 0.322 e. The quantitative estimate of drug-likeness (QED) is 0.322. The fourth-order valence-electron chi connectivity index (χ4n) is 7.94. The van der Waals surface area contributed by atoms with Crippen LogP contribution in [0.4, 0.5) is 16.2 Å². The Morgan fingerprint density at radius 1 is 0.936 bits per heavy atom. The van der Waals surface area contributed by atoms with Crippen LogP contribution in [0.15, 0.2) is 36.4 Å². The lowest BCUT2D eigenvalue weighted by Gasteiger charge is -2.41. The molecular weight excluding hydrogens is 612 g/mol. The lowest BCUT2D eigenvalue weighted by molar-refractivity contribution is -0.143. The fourth-order valence-corrected chi connectivity index (χ4v) is 8.18. The van der Waals surface area contributed by atoms with E-state index >= 15 is 0 Å².